The molecule has 1 aliphatic rings. The number of ether oxygens (including phenoxy) is 2. The first-order chi connectivity index (χ1) is 11.4. The van der Waals surface area contributed by atoms with E-state index in [1.54, 1.807) is 17.0 Å². The summed E-state index contributed by atoms with van der Waals surface area (Å²) in [6.07, 6.45) is -2.52. The number of benzene rings is 1. The second-order valence-corrected chi connectivity index (χ2v) is 5.61. The van der Waals surface area contributed by atoms with Crippen molar-refractivity contribution in [2.45, 2.75) is 25.1 Å². The Labute approximate surface area is 150 Å². The summed E-state index contributed by atoms with van der Waals surface area (Å²) < 4.78 is 46.9. The van der Waals surface area contributed by atoms with Crippen LogP contribution in [0.2, 0.25) is 0 Å². The van der Waals surface area contributed by atoms with Gasteiger partial charge in [0.05, 0.1) is 0 Å². The fraction of sp³-hybridized carbons (Fsp3) is 0.562. The van der Waals surface area contributed by atoms with Crippen molar-refractivity contribution in [2.75, 3.05) is 33.4 Å². The van der Waals surface area contributed by atoms with Gasteiger partial charge in [0.15, 0.2) is 24.7 Å². The first-order valence-corrected chi connectivity index (χ1v) is 7.75. The summed E-state index contributed by atoms with van der Waals surface area (Å²) in [6.45, 7) is -0.377. The zero-order chi connectivity index (χ0) is 17.6. The van der Waals surface area contributed by atoms with E-state index >= 15 is 0 Å². The van der Waals surface area contributed by atoms with Crippen LogP contribution in [0.1, 0.15) is 12.8 Å². The van der Waals surface area contributed by atoms with Crippen molar-refractivity contribution in [3.05, 3.63) is 24.3 Å². The van der Waals surface area contributed by atoms with E-state index in [0.717, 1.165) is 12.8 Å². The largest absolute Gasteiger partial charge is 0.480 e. The molecule has 2 rings (SSSR count). The van der Waals surface area contributed by atoms with Crippen LogP contribution >= 0.6 is 12.4 Å². The average Bonchev–Trinajstić information content (AvgIpc) is 2.58. The third-order valence-electron chi connectivity index (χ3n) is 3.77. The van der Waals surface area contributed by atoms with E-state index < -0.39 is 12.8 Å². The maximum atomic E-state index is 12.3. The Morgan fingerprint density at radius 1 is 1.28 bits per heavy atom. The van der Waals surface area contributed by atoms with Crippen molar-refractivity contribution in [2.24, 2.45) is 0 Å². The molecule has 1 unspecified atom stereocenters. The molecule has 0 bridgehead atoms. The molecule has 1 heterocycles. The van der Waals surface area contributed by atoms with E-state index in [0.29, 0.717) is 13.1 Å². The summed E-state index contributed by atoms with van der Waals surface area (Å²) in [5.74, 6) is -0.104. The molecule has 9 heteroatoms. The van der Waals surface area contributed by atoms with Crippen LogP contribution in [0.3, 0.4) is 0 Å². The molecule has 1 atom stereocenters. The van der Waals surface area contributed by atoms with Crippen LogP contribution in [-0.2, 0) is 4.79 Å². The van der Waals surface area contributed by atoms with Crippen LogP contribution in [0.5, 0.6) is 11.5 Å². The van der Waals surface area contributed by atoms with Crippen molar-refractivity contribution < 1.29 is 27.4 Å². The fourth-order valence-corrected chi connectivity index (χ4v) is 2.52. The minimum Gasteiger partial charge on any atom is -0.480 e. The maximum absolute atomic E-state index is 12.3. The molecular formula is C16H22ClF3N2O3. The highest BCUT2D eigenvalue weighted by Gasteiger charge is 2.29. The van der Waals surface area contributed by atoms with Crippen molar-refractivity contribution in [3.8, 4) is 11.5 Å². The van der Waals surface area contributed by atoms with Crippen molar-refractivity contribution >= 4 is 18.3 Å². The smallest absolute Gasteiger partial charge is 0.422 e. The molecule has 1 aromatic rings. The van der Waals surface area contributed by atoms with Crippen LogP contribution < -0.4 is 14.8 Å². The minimum absolute atomic E-state index is 0. The first-order valence-electron chi connectivity index (χ1n) is 7.75. The molecule has 0 saturated carbocycles. The Kier molecular flexibility index (Phi) is 8.31. The predicted molar refractivity (Wildman–Crippen MR) is 89.4 cm³/mol. The fourth-order valence-electron chi connectivity index (χ4n) is 2.52. The molecule has 1 aliphatic heterocycles. The van der Waals surface area contributed by atoms with Gasteiger partial charge in [0.25, 0.3) is 5.91 Å². The van der Waals surface area contributed by atoms with Gasteiger partial charge in [0.2, 0.25) is 0 Å². The Morgan fingerprint density at radius 3 is 2.52 bits per heavy atom. The van der Waals surface area contributed by atoms with E-state index in [4.69, 9.17) is 9.47 Å². The number of carbonyl (C=O) groups is 1. The number of piperidine rings is 1. The van der Waals surface area contributed by atoms with Crippen molar-refractivity contribution in [1.82, 2.24) is 10.2 Å². The van der Waals surface area contributed by atoms with Gasteiger partial charge in [-0.3, -0.25) is 4.79 Å². The number of para-hydroxylation sites is 2. The number of hydrogen-bond acceptors (Lipinski definition) is 4. The number of likely N-dealkylation sites (tertiary alicyclic amines) is 1. The van der Waals surface area contributed by atoms with Crippen LogP contribution in [0.4, 0.5) is 13.2 Å². The Morgan fingerprint density at radius 2 is 1.92 bits per heavy atom. The number of likely N-dealkylation sites (N-methyl/N-ethyl adjacent to an activating group) is 1. The van der Waals surface area contributed by atoms with Crippen LogP contribution in [0, 0.1) is 0 Å². The third kappa shape index (κ3) is 6.99. The first kappa shape index (κ1) is 21.4. The van der Waals surface area contributed by atoms with Crippen LogP contribution in [0.25, 0.3) is 0 Å². The number of rotatable bonds is 6. The number of nitrogens with one attached hydrogen (secondary N) is 1. The molecule has 1 aromatic carbocycles. The molecule has 142 valence electrons. The molecule has 25 heavy (non-hydrogen) atoms. The number of hydrogen-bond donors (Lipinski definition) is 1. The third-order valence-corrected chi connectivity index (χ3v) is 3.77. The summed E-state index contributed by atoms with van der Waals surface area (Å²) in [5.41, 5.74) is 0. The predicted octanol–water partition coefficient (Wildman–Crippen LogP) is 2.64. The average molecular weight is 383 g/mol. The van der Waals surface area contributed by atoms with Crippen molar-refractivity contribution in [1.29, 1.82) is 0 Å². The van der Waals surface area contributed by atoms with E-state index in [1.165, 1.54) is 12.1 Å². The van der Waals surface area contributed by atoms with E-state index in [2.05, 4.69) is 5.32 Å². The van der Waals surface area contributed by atoms with Crippen LogP contribution in [0.15, 0.2) is 24.3 Å². The van der Waals surface area contributed by atoms with Gasteiger partial charge in [0.1, 0.15) is 0 Å². The molecule has 0 radical (unpaired) electrons. The molecule has 0 spiro atoms. The summed E-state index contributed by atoms with van der Waals surface area (Å²) >= 11 is 0. The quantitative estimate of drug-likeness (QED) is 0.821. The number of alkyl halides is 3. The van der Waals surface area contributed by atoms with Crippen molar-refractivity contribution in [3.63, 3.8) is 0 Å². The highest BCUT2D eigenvalue weighted by Crippen LogP contribution is 2.28. The van der Waals surface area contributed by atoms with Crippen LogP contribution in [-0.4, -0.2) is 56.4 Å². The topological polar surface area (TPSA) is 50.8 Å². The standard InChI is InChI=1S/C16H21F3N2O3.ClH/c1-20-12-5-4-8-21(9-12)15(22)10-23-13-6-2-3-7-14(13)24-11-16(17,18)19;/h2-3,6-7,12,20H,4-5,8-11H2,1H3;1H. The summed E-state index contributed by atoms with van der Waals surface area (Å²) in [4.78, 5) is 13.9. The molecule has 1 amide bonds. The van der Waals surface area contributed by atoms with E-state index in [9.17, 15) is 18.0 Å². The molecule has 5 nitrogen and oxygen atoms in total. The summed E-state index contributed by atoms with van der Waals surface area (Å²) in [7, 11) is 1.85. The van der Waals surface area contributed by atoms with Gasteiger partial charge in [-0.15, -0.1) is 12.4 Å². The number of nitrogens with zero attached hydrogens (tertiary/aromatic N) is 1. The van der Waals surface area contributed by atoms with Gasteiger partial charge in [0, 0.05) is 19.1 Å². The van der Waals surface area contributed by atoms with Gasteiger partial charge in [-0.2, -0.15) is 13.2 Å². The zero-order valence-corrected chi connectivity index (χ0v) is 14.7. The molecule has 1 N–H and O–H groups in total. The monoisotopic (exact) mass is 382 g/mol. The molecule has 1 saturated heterocycles. The SMILES string of the molecule is CNC1CCCN(C(=O)COc2ccccc2OCC(F)(F)F)C1.Cl. The summed E-state index contributed by atoms with van der Waals surface area (Å²) in [6, 6.07) is 6.26. The van der Waals surface area contributed by atoms with E-state index in [1.807, 2.05) is 7.05 Å². The number of amides is 1. The van der Waals surface area contributed by atoms with Gasteiger partial charge in [-0.1, -0.05) is 12.1 Å². The second-order valence-electron chi connectivity index (χ2n) is 5.61. The van der Waals surface area contributed by atoms with E-state index in [-0.39, 0.29) is 42.5 Å². The minimum atomic E-state index is -4.43. The lowest BCUT2D eigenvalue weighted by molar-refractivity contribution is -0.153. The lowest BCUT2D eigenvalue weighted by Gasteiger charge is -2.32. The molecule has 0 aromatic heterocycles. The van der Waals surface area contributed by atoms with Gasteiger partial charge in [-0.25, -0.2) is 0 Å². The maximum Gasteiger partial charge on any atom is 0.422 e. The molecule has 1 fully saturated rings. The van der Waals surface area contributed by atoms with Gasteiger partial charge < -0.3 is 19.7 Å². The van der Waals surface area contributed by atoms with Gasteiger partial charge >= 0.3 is 6.18 Å². The molecular weight excluding hydrogens is 361 g/mol. The van der Waals surface area contributed by atoms with Gasteiger partial charge in [-0.05, 0) is 32.0 Å². The highest BCUT2D eigenvalue weighted by molar-refractivity contribution is 5.85. The lowest BCUT2D eigenvalue weighted by Crippen LogP contribution is -2.48. The molecule has 0 aliphatic carbocycles. The normalized spacial score (nSPS) is 17.6. The Hall–Kier alpha value is -1.67. The highest BCUT2D eigenvalue weighted by atomic mass is 35.5. The Balaban J connectivity index is 0.00000312. The number of halogens is 4. The number of carbonyl (C=O) groups excluding carboxylic acids is 1. The lowest BCUT2D eigenvalue weighted by atomic mass is 10.1. The zero-order valence-electron chi connectivity index (χ0n) is 13.8. The Bertz CT molecular complexity index is 558. The second kappa shape index (κ2) is 9.72. The summed E-state index contributed by atoms with van der Waals surface area (Å²) in [5, 5.41) is 3.14.